The van der Waals surface area contributed by atoms with Crippen LogP contribution in [0.3, 0.4) is 0 Å². The number of hydrogen-bond acceptors (Lipinski definition) is 3. The predicted molar refractivity (Wildman–Crippen MR) is 46.6 cm³/mol. The van der Waals surface area contributed by atoms with Crippen molar-refractivity contribution in [2.24, 2.45) is 0 Å². The maximum absolute atomic E-state index is 8.91. The van der Waals surface area contributed by atoms with Crippen LogP contribution in [0.15, 0.2) is 18.2 Å². The number of nitrogens with zero attached hydrogens (tertiary/aromatic N) is 1. The summed E-state index contributed by atoms with van der Waals surface area (Å²) >= 11 is 0. The summed E-state index contributed by atoms with van der Waals surface area (Å²) in [5.74, 6) is 0. The lowest BCUT2D eigenvalue weighted by molar-refractivity contribution is 0.0284. The molecule has 66 valence electrons. The van der Waals surface area contributed by atoms with Crippen LogP contribution in [0.4, 0.5) is 5.69 Å². The van der Waals surface area contributed by atoms with E-state index in [4.69, 9.17) is 10.4 Å². The van der Waals surface area contributed by atoms with Crippen molar-refractivity contribution in [1.29, 1.82) is 0 Å². The molecule has 1 aromatic carbocycles. The van der Waals surface area contributed by atoms with Crippen molar-refractivity contribution in [3.63, 3.8) is 0 Å². The quantitative estimate of drug-likeness (QED) is 0.663. The van der Waals surface area contributed by atoms with E-state index in [1.807, 2.05) is 32.0 Å². The minimum Gasteiger partial charge on any atom is -0.264 e. The Labute approximate surface area is 71.8 Å². The summed E-state index contributed by atoms with van der Waals surface area (Å²) < 4.78 is 0. The molecule has 2 N–H and O–H groups in total. The largest absolute Gasteiger partial charge is 0.264 e. The Balaban J connectivity index is 3.20. The fourth-order valence-corrected chi connectivity index (χ4v) is 1.29. The summed E-state index contributed by atoms with van der Waals surface area (Å²) in [4.78, 5) is 0. The zero-order chi connectivity index (χ0) is 9.14. The summed E-state index contributed by atoms with van der Waals surface area (Å²) in [7, 11) is 0. The Kier molecular flexibility index (Phi) is 2.68. The van der Waals surface area contributed by atoms with Crippen molar-refractivity contribution in [2.45, 2.75) is 20.3 Å². The van der Waals surface area contributed by atoms with Crippen LogP contribution in [0.5, 0.6) is 0 Å². The summed E-state index contributed by atoms with van der Waals surface area (Å²) in [6.07, 6.45) is 0.786. The maximum atomic E-state index is 8.91. The molecule has 1 rings (SSSR count). The topological polar surface area (TPSA) is 43.7 Å². The van der Waals surface area contributed by atoms with Gasteiger partial charge in [-0.3, -0.25) is 10.4 Å². The van der Waals surface area contributed by atoms with Crippen LogP contribution in [0, 0.1) is 6.92 Å². The van der Waals surface area contributed by atoms with E-state index in [1.165, 1.54) is 0 Å². The first-order chi connectivity index (χ1) is 5.66. The van der Waals surface area contributed by atoms with Gasteiger partial charge < -0.3 is 0 Å². The van der Waals surface area contributed by atoms with Gasteiger partial charge in [-0.05, 0) is 24.5 Å². The Hall–Kier alpha value is -1.06. The van der Waals surface area contributed by atoms with Gasteiger partial charge >= 0.3 is 0 Å². The van der Waals surface area contributed by atoms with E-state index in [1.54, 1.807) is 0 Å². The molecule has 0 fully saturated rings. The third-order valence-corrected chi connectivity index (χ3v) is 1.90. The molecule has 0 radical (unpaired) electrons. The average Bonchev–Trinajstić information content (AvgIpc) is 2.03. The van der Waals surface area contributed by atoms with E-state index in [9.17, 15) is 0 Å². The van der Waals surface area contributed by atoms with Crippen molar-refractivity contribution in [2.75, 3.05) is 5.23 Å². The predicted octanol–water partition coefficient (Wildman–Crippen LogP) is 2.14. The van der Waals surface area contributed by atoms with Crippen LogP contribution in [0.25, 0.3) is 0 Å². The van der Waals surface area contributed by atoms with E-state index >= 15 is 0 Å². The molecule has 0 aliphatic heterocycles. The average molecular weight is 167 g/mol. The zero-order valence-electron chi connectivity index (χ0n) is 7.28. The highest BCUT2D eigenvalue weighted by Gasteiger charge is 2.07. The zero-order valence-corrected chi connectivity index (χ0v) is 7.28. The van der Waals surface area contributed by atoms with Gasteiger partial charge in [0.15, 0.2) is 0 Å². The SMILES string of the molecule is CCc1cccc(C)c1N(O)O. The maximum Gasteiger partial charge on any atom is 0.100 e. The van der Waals surface area contributed by atoms with Crippen molar-refractivity contribution in [1.82, 2.24) is 0 Å². The number of aryl methyl sites for hydroxylation is 2. The monoisotopic (exact) mass is 167 g/mol. The fraction of sp³-hybridized carbons (Fsp3) is 0.333. The van der Waals surface area contributed by atoms with Crippen molar-refractivity contribution in [3.05, 3.63) is 29.3 Å². The molecule has 0 aliphatic carbocycles. The van der Waals surface area contributed by atoms with Gasteiger partial charge in [-0.15, -0.1) is 5.23 Å². The molecular formula is C9H13NO2. The molecule has 0 bridgehead atoms. The third-order valence-electron chi connectivity index (χ3n) is 1.90. The Morgan fingerprint density at radius 1 is 1.33 bits per heavy atom. The van der Waals surface area contributed by atoms with Gasteiger partial charge in [0.25, 0.3) is 0 Å². The molecule has 0 saturated carbocycles. The van der Waals surface area contributed by atoms with Crippen LogP contribution in [-0.4, -0.2) is 10.4 Å². The number of hydrogen-bond donors (Lipinski definition) is 2. The number of anilines is 1. The second-order valence-corrected chi connectivity index (χ2v) is 2.73. The molecular weight excluding hydrogens is 154 g/mol. The van der Waals surface area contributed by atoms with Gasteiger partial charge in [-0.2, -0.15) is 0 Å². The lowest BCUT2D eigenvalue weighted by Crippen LogP contribution is -2.14. The summed E-state index contributed by atoms with van der Waals surface area (Å²) in [6, 6.07) is 5.62. The standard InChI is InChI=1S/C9H13NO2/c1-3-8-6-4-5-7(2)9(8)10(11)12/h4-6,11-12H,3H2,1-2H3. The van der Waals surface area contributed by atoms with Gasteiger partial charge in [-0.25, -0.2) is 0 Å². The van der Waals surface area contributed by atoms with Gasteiger partial charge in [0, 0.05) is 0 Å². The minimum absolute atomic E-state index is 0.189. The lowest BCUT2D eigenvalue weighted by atomic mass is 10.1. The first-order valence-corrected chi connectivity index (χ1v) is 3.93. The highest BCUT2D eigenvalue weighted by atomic mass is 16.8. The van der Waals surface area contributed by atoms with Crippen molar-refractivity contribution >= 4 is 5.69 Å². The molecule has 0 unspecified atom stereocenters. The highest BCUT2D eigenvalue weighted by Crippen LogP contribution is 2.22. The number of benzene rings is 1. The molecule has 0 spiro atoms. The Morgan fingerprint density at radius 2 is 2.00 bits per heavy atom. The van der Waals surface area contributed by atoms with Crippen LogP contribution in [0.1, 0.15) is 18.1 Å². The van der Waals surface area contributed by atoms with E-state index < -0.39 is 0 Å². The van der Waals surface area contributed by atoms with Gasteiger partial charge in [0.05, 0.1) is 0 Å². The molecule has 3 nitrogen and oxygen atoms in total. The minimum atomic E-state index is 0.189. The van der Waals surface area contributed by atoms with Gasteiger partial charge in [0.1, 0.15) is 5.69 Å². The van der Waals surface area contributed by atoms with Crippen LogP contribution in [-0.2, 0) is 6.42 Å². The van der Waals surface area contributed by atoms with E-state index in [-0.39, 0.29) is 5.23 Å². The van der Waals surface area contributed by atoms with Crippen LogP contribution in [0.2, 0.25) is 0 Å². The molecule has 0 heterocycles. The summed E-state index contributed by atoms with van der Waals surface area (Å²) in [5, 5.41) is 18.0. The molecule has 3 heteroatoms. The smallest absolute Gasteiger partial charge is 0.100 e. The molecule has 0 aromatic heterocycles. The molecule has 12 heavy (non-hydrogen) atoms. The van der Waals surface area contributed by atoms with Crippen molar-refractivity contribution in [3.8, 4) is 0 Å². The Morgan fingerprint density at radius 3 is 2.42 bits per heavy atom. The molecule has 0 aliphatic rings. The van der Waals surface area contributed by atoms with E-state index in [2.05, 4.69) is 0 Å². The lowest BCUT2D eigenvalue weighted by Gasteiger charge is -2.14. The molecule has 0 amide bonds. The number of para-hydroxylation sites is 1. The molecule has 1 aromatic rings. The Bertz CT molecular complexity index is 271. The van der Waals surface area contributed by atoms with E-state index in [0.717, 1.165) is 17.5 Å². The van der Waals surface area contributed by atoms with E-state index in [0.29, 0.717) is 5.69 Å². The van der Waals surface area contributed by atoms with Gasteiger partial charge in [0.2, 0.25) is 0 Å². The highest BCUT2D eigenvalue weighted by molar-refractivity contribution is 5.55. The third kappa shape index (κ3) is 1.57. The first-order valence-electron chi connectivity index (χ1n) is 3.93. The second kappa shape index (κ2) is 3.56. The first kappa shape index (κ1) is 9.03. The summed E-state index contributed by atoms with van der Waals surface area (Å²) in [6.45, 7) is 3.82. The van der Waals surface area contributed by atoms with Crippen LogP contribution < -0.4 is 5.23 Å². The van der Waals surface area contributed by atoms with Gasteiger partial charge in [-0.1, -0.05) is 25.1 Å². The second-order valence-electron chi connectivity index (χ2n) is 2.73. The molecule has 0 atom stereocenters. The fourth-order valence-electron chi connectivity index (χ4n) is 1.29. The molecule has 0 saturated heterocycles. The van der Waals surface area contributed by atoms with Crippen LogP contribution >= 0.6 is 0 Å². The number of rotatable bonds is 2. The summed E-state index contributed by atoms with van der Waals surface area (Å²) in [5.41, 5.74) is 2.28. The normalized spacial score (nSPS) is 10.0. The van der Waals surface area contributed by atoms with Crippen molar-refractivity contribution < 1.29 is 10.4 Å².